The van der Waals surface area contributed by atoms with E-state index in [-0.39, 0.29) is 24.8 Å². The van der Waals surface area contributed by atoms with Crippen molar-refractivity contribution in [1.29, 1.82) is 0 Å². The number of hydrogen-bond acceptors (Lipinski definition) is 2. The summed E-state index contributed by atoms with van der Waals surface area (Å²) in [4.78, 5) is 0. The Hall–Kier alpha value is -1.22. The minimum atomic E-state index is -1.01. The highest BCUT2D eigenvalue weighted by Crippen LogP contribution is 2.26. The first-order valence-corrected chi connectivity index (χ1v) is 5.86. The minimum absolute atomic E-state index is 0. The number of aliphatic hydroxyl groups is 1. The van der Waals surface area contributed by atoms with E-state index in [1.165, 1.54) is 0 Å². The van der Waals surface area contributed by atoms with Crippen molar-refractivity contribution < 1.29 is 5.11 Å². The second kappa shape index (κ2) is 8.05. The Balaban J connectivity index is 0.00000162. The predicted molar refractivity (Wildman–Crippen MR) is 85.2 cm³/mol. The molecule has 19 heavy (non-hydrogen) atoms. The third kappa shape index (κ3) is 4.43. The van der Waals surface area contributed by atoms with Gasteiger partial charge >= 0.3 is 0 Å². The molecule has 1 atom stereocenters. The maximum atomic E-state index is 10.6. The molecular weight excluding hydrogens is 281 g/mol. The van der Waals surface area contributed by atoms with Crippen molar-refractivity contribution in [1.82, 2.24) is 0 Å². The summed E-state index contributed by atoms with van der Waals surface area (Å²) >= 11 is 0. The van der Waals surface area contributed by atoms with Crippen molar-refractivity contribution in [2.24, 2.45) is 0 Å². The van der Waals surface area contributed by atoms with Gasteiger partial charge in [0, 0.05) is 11.3 Å². The van der Waals surface area contributed by atoms with Gasteiger partial charge in [0.1, 0.15) is 0 Å². The molecule has 2 nitrogen and oxygen atoms in total. The first kappa shape index (κ1) is 17.8. The molecule has 0 amide bonds. The van der Waals surface area contributed by atoms with Crippen molar-refractivity contribution in [2.45, 2.75) is 19.1 Å². The predicted octanol–water partition coefficient (Wildman–Crippen LogP) is 4.20. The summed E-state index contributed by atoms with van der Waals surface area (Å²) in [6.07, 6.45) is 0.603. The van der Waals surface area contributed by atoms with Gasteiger partial charge in [-0.3, -0.25) is 0 Å². The molecule has 0 aliphatic heterocycles. The van der Waals surface area contributed by atoms with Gasteiger partial charge in [-0.1, -0.05) is 55.5 Å². The summed E-state index contributed by atoms with van der Waals surface area (Å²) < 4.78 is 0. The highest BCUT2D eigenvalue weighted by Gasteiger charge is 2.26. The Labute approximate surface area is 126 Å². The van der Waals surface area contributed by atoms with Crippen molar-refractivity contribution in [3.05, 3.63) is 66.2 Å². The molecule has 0 aliphatic rings. The molecule has 2 rings (SSSR count). The van der Waals surface area contributed by atoms with Gasteiger partial charge in [-0.25, -0.2) is 0 Å². The number of hydrogen-bond donors (Lipinski definition) is 2. The Kier molecular flexibility index (Phi) is 7.53. The Morgan fingerprint density at radius 1 is 0.895 bits per heavy atom. The lowest BCUT2D eigenvalue weighted by molar-refractivity contribution is 0.0632. The SMILES string of the molecule is CCC(O)(Nc1ccccc1)c1ccccc1.Cl.Cl. The average molecular weight is 300 g/mol. The van der Waals surface area contributed by atoms with Crippen LogP contribution in [0.2, 0.25) is 0 Å². The normalized spacial score (nSPS) is 12.5. The summed E-state index contributed by atoms with van der Waals surface area (Å²) in [5, 5.41) is 13.8. The number of anilines is 1. The van der Waals surface area contributed by atoms with Gasteiger partial charge in [0.2, 0.25) is 0 Å². The quantitative estimate of drug-likeness (QED) is 0.830. The molecule has 0 heterocycles. The molecule has 0 spiro atoms. The third-order valence-electron chi connectivity index (χ3n) is 2.89. The second-order valence-corrected chi connectivity index (χ2v) is 4.07. The molecule has 0 aromatic heterocycles. The van der Waals surface area contributed by atoms with Crippen molar-refractivity contribution in [3.63, 3.8) is 0 Å². The van der Waals surface area contributed by atoms with E-state index in [0.717, 1.165) is 11.3 Å². The lowest BCUT2D eigenvalue weighted by Crippen LogP contribution is -2.34. The number of benzene rings is 2. The highest BCUT2D eigenvalue weighted by atomic mass is 35.5. The maximum Gasteiger partial charge on any atom is 0.161 e. The van der Waals surface area contributed by atoms with Crippen LogP contribution in [0.3, 0.4) is 0 Å². The van der Waals surface area contributed by atoms with Gasteiger partial charge < -0.3 is 10.4 Å². The van der Waals surface area contributed by atoms with Crippen LogP contribution in [0, 0.1) is 0 Å². The molecule has 2 aromatic rings. The Morgan fingerprint density at radius 3 is 1.84 bits per heavy atom. The van der Waals surface area contributed by atoms with Gasteiger partial charge in [0.05, 0.1) is 0 Å². The van der Waals surface area contributed by atoms with Crippen LogP contribution in [0.4, 0.5) is 5.69 Å². The zero-order valence-corrected chi connectivity index (χ0v) is 12.4. The first-order chi connectivity index (χ1) is 8.24. The molecular formula is C15H19Cl2NO. The van der Waals surface area contributed by atoms with Crippen LogP contribution in [0.25, 0.3) is 0 Å². The molecule has 0 saturated carbocycles. The van der Waals surface area contributed by atoms with E-state index in [4.69, 9.17) is 0 Å². The summed E-state index contributed by atoms with van der Waals surface area (Å²) in [7, 11) is 0. The van der Waals surface area contributed by atoms with Crippen LogP contribution < -0.4 is 5.32 Å². The van der Waals surface area contributed by atoms with Gasteiger partial charge in [-0.15, -0.1) is 24.8 Å². The van der Waals surface area contributed by atoms with E-state index in [1.807, 2.05) is 67.6 Å². The van der Waals surface area contributed by atoms with E-state index in [2.05, 4.69) is 5.32 Å². The fraction of sp³-hybridized carbons (Fsp3) is 0.200. The smallest absolute Gasteiger partial charge is 0.161 e. The molecule has 0 saturated heterocycles. The van der Waals surface area contributed by atoms with Crippen LogP contribution in [-0.2, 0) is 5.72 Å². The standard InChI is InChI=1S/C15H17NO.2ClH/c1-2-15(17,13-9-5-3-6-10-13)16-14-11-7-4-8-12-14;;/h3-12,16-17H,2H2,1H3;2*1H. The molecule has 0 bridgehead atoms. The highest BCUT2D eigenvalue weighted by molar-refractivity contribution is 5.85. The van der Waals surface area contributed by atoms with Gasteiger partial charge in [-0.05, 0) is 18.6 Å². The summed E-state index contributed by atoms with van der Waals surface area (Å²) in [6, 6.07) is 19.4. The van der Waals surface area contributed by atoms with Crippen LogP contribution in [0.15, 0.2) is 60.7 Å². The maximum absolute atomic E-state index is 10.6. The van der Waals surface area contributed by atoms with E-state index < -0.39 is 5.72 Å². The van der Waals surface area contributed by atoms with Crippen LogP contribution >= 0.6 is 24.8 Å². The first-order valence-electron chi connectivity index (χ1n) is 5.86. The zero-order valence-electron chi connectivity index (χ0n) is 10.7. The molecule has 1 unspecified atom stereocenters. The topological polar surface area (TPSA) is 32.3 Å². The molecule has 0 fully saturated rings. The second-order valence-electron chi connectivity index (χ2n) is 4.07. The minimum Gasteiger partial charge on any atom is -0.367 e. The lowest BCUT2D eigenvalue weighted by atomic mass is 10.00. The van der Waals surface area contributed by atoms with E-state index in [1.54, 1.807) is 0 Å². The van der Waals surface area contributed by atoms with Gasteiger partial charge in [0.15, 0.2) is 5.72 Å². The number of rotatable bonds is 4. The van der Waals surface area contributed by atoms with Gasteiger partial charge in [-0.2, -0.15) is 0 Å². The van der Waals surface area contributed by atoms with E-state index in [9.17, 15) is 5.11 Å². The summed E-state index contributed by atoms with van der Waals surface area (Å²) in [6.45, 7) is 1.96. The van der Waals surface area contributed by atoms with Crippen molar-refractivity contribution in [2.75, 3.05) is 5.32 Å². The monoisotopic (exact) mass is 299 g/mol. The van der Waals surface area contributed by atoms with Crippen LogP contribution in [0.5, 0.6) is 0 Å². The largest absolute Gasteiger partial charge is 0.367 e. The van der Waals surface area contributed by atoms with E-state index in [0.29, 0.717) is 6.42 Å². The van der Waals surface area contributed by atoms with Crippen LogP contribution in [-0.4, -0.2) is 5.11 Å². The number of nitrogens with one attached hydrogen (secondary N) is 1. The lowest BCUT2D eigenvalue weighted by Gasteiger charge is -2.29. The fourth-order valence-corrected chi connectivity index (χ4v) is 1.84. The third-order valence-corrected chi connectivity index (χ3v) is 2.89. The van der Waals surface area contributed by atoms with Crippen molar-refractivity contribution in [3.8, 4) is 0 Å². The number of halogens is 2. The average Bonchev–Trinajstić information content (AvgIpc) is 2.41. The molecule has 2 N–H and O–H groups in total. The molecule has 0 radical (unpaired) electrons. The van der Waals surface area contributed by atoms with Gasteiger partial charge in [0.25, 0.3) is 0 Å². The Morgan fingerprint density at radius 2 is 1.37 bits per heavy atom. The molecule has 4 heteroatoms. The van der Waals surface area contributed by atoms with Crippen LogP contribution in [0.1, 0.15) is 18.9 Å². The molecule has 2 aromatic carbocycles. The Bertz CT molecular complexity index is 464. The van der Waals surface area contributed by atoms with E-state index >= 15 is 0 Å². The molecule has 0 aliphatic carbocycles. The summed E-state index contributed by atoms with van der Waals surface area (Å²) in [5.41, 5.74) is 0.787. The van der Waals surface area contributed by atoms with Crippen molar-refractivity contribution >= 4 is 30.5 Å². The molecule has 104 valence electrons. The summed E-state index contributed by atoms with van der Waals surface area (Å²) in [5.74, 6) is 0. The fourth-order valence-electron chi connectivity index (χ4n) is 1.84. The zero-order chi connectivity index (χ0) is 12.1. The number of para-hydroxylation sites is 1.